The summed E-state index contributed by atoms with van der Waals surface area (Å²) in [5, 5.41) is 10.5. The van der Waals surface area contributed by atoms with E-state index in [1.165, 1.54) is 19.3 Å². The topological polar surface area (TPSA) is 29.5 Å². The summed E-state index contributed by atoms with van der Waals surface area (Å²) in [4.78, 5) is 0. The molecule has 0 spiro atoms. The van der Waals surface area contributed by atoms with Crippen molar-refractivity contribution in [1.82, 2.24) is 0 Å². The molecule has 1 saturated carbocycles. The van der Waals surface area contributed by atoms with Crippen molar-refractivity contribution in [2.24, 2.45) is 5.41 Å². The van der Waals surface area contributed by atoms with Crippen molar-refractivity contribution in [3.05, 3.63) is 0 Å². The molecule has 0 aromatic rings. The van der Waals surface area contributed by atoms with E-state index in [4.69, 9.17) is 4.74 Å². The predicted octanol–water partition coefficient (Wildman–Crippen LogP) is 3.13. The number of rotatable bonds is 3. The van der Waals surface area contributed by atoms with Crippen molar-refractivity contribution in [2.45, 2.75) is 71.5 Å². The minimum atomic E-state index is -0.356. The lowest BCUT2D eigenvalue weighted by atomic mass is 9.71. The molecule has 1 aliphatic carbocycles. The molecule has 0 radical (unpaired) electrons. The highest BCUT2D eigenvalue weighted by Crippen LogP contribution is 2.40. The number of hydrogen-bond donors (Lipinski definition) is 1. The van der Waals surface area contributed by atoms with E-state index in [2.05, 4.69) is 20.8 Å². The maximum absolute atomic E-state index is 10.5. The Labute approximate surface area is 94.0 Å². The second kappa shape index (κ2) is 4.84. The highest BCUT2D eigenvalue weighted by molar-refractivity contribution is 4.96. The SMILES string of the molecule is CCOC1(C(O)C(C)(C)C)CCCCC1. The first-order valence-corrected chi connectivity index (χ1v) is 6.24. The van der Waals surface area contributed by atoms with E-state index in [1.807, 2.05) is 6.92 Å². The number of aliphatic hydroxyl groups excluding tert-OH is 1. The van der Waals surface area contributed by atoms with Crippen LogP contribution in [-0.4, -0.2) is 23.4 Å². The van der Waals surface area contributed by atoms with Crippen molar-refractivity contribution in [3.63, 3.8) is 0 Å². The minimum Gasteiger partial charge on any atom is -0.390 e. The van der Waals surface area contributed by atoms with Gasteiger partial charge in [-0.05, 0) is 25.2 Å². The lowest BCUT2D eigenvalue weighted by Crippen LogP contribution is -2.52. The van der Waals surface area contributed by atoms with Gasteiger partial charge in [-0.25, -0.2) is 0 Å². The van der Waals surface area contributed by atoms with E-state index in [-0.39, 0.29) is 17.1 Å². The molecule has 1 rings (SSSR count). The molecule has 1 N–H and O–H groups in total. The normalized spacial score (nSPS) is 23.8. The summed E-state index contributed by atoms with van der Waals surface area (Å²) < 4.78 is 5.91. The molecule has 1 atom stereocenters. The molecule has 0 bridgehead atoms. The highest BCUT2D eigenvalue weighted by atomic mass is 16.5. The number of aliphatic hydroxyl groups is 1. The summed E-state index contributed by atoms with van der Waals surface area (Å²) in [7, 11) is 0. The Kier molecular flexibility index (Phi) is 4.19. The Morgan fingerprint density at radius 1 is 1.20 bits per heavy atom. The zero-order valence-electron chi connectivity index (χ0n) is 10.7. The Morgan fingerprint density at radius 3 is 2.13 bits per heavy atom. The molecule has 0 saturated heterocycles. The van der Waals surface area contributed by atoms with Gasteiger partial charge in [0.1, 0.15) is 0 Å². The van der Waals surface area contributed by atoms with Crippen LogP contribution in [0.5, 0.6) is 0 Å². The molecule has 0 aromatic heterocycles. The quantitative estimate of drug-likeness (QED) is 0.782. The van der Waals surface area contributed by atoms with Crippen LogP contribution in [0.4, 0.5) is 0 Å². The average molecular weight is 214 g/mol. The monoisotopic (exact) mass is 214 g/mol. The van der Waals surface area contributed by atoms with Crippen molar-refractivity contribution >= 4 is 0 Å². The summed E-state index contributed by atoms with van der Waals surface area (Å²) in [6.45, 7) is 8.99. The van der Waals surface area contributed by atoms with Gasteiger partial charge in [0.25, 0.3) is 0 Å². The van der Waals surface area contributed by atoms with E-state index in [9.17, 15) is 5.11 Å². The van der Waals surface area contributed by atoms with Crippen molar-refractivity contribution < 1.29 is 9.84 Å². The number of ether oxygens (including phenoxy) is 1. The van der Waals surface area contributed by atoms with Crippen LogP contribution in [-0.2, 0) is 4.74 Å². The third kappa shape index (κ3) is 2.94. The van der Waals surface area contributed by atoms with E-state index in [0.717, 1.165) is 12.8 Å². The molecular weight excluding hydrogens is 188 g/mol. The van der Waals surface area contributed by atoms with Gasteiger partial charge in [0.15, 0.2) is 0 Å². The fourth-order valence-electron chi connectivity index (χ4n) is 2.72. The van der Waals surface area contributed by atoms with Crippen molar-refractivity contribution in [2.75, 3.05) is 6.61 Å². The van der Waals surface area contributed by atoms with Crippen LogP contribution in [0.25, 0.3) is 0 Å². The first kappa shape index (κ1) is 13.0. The first-order chi connectivity index (χ1) is 6.92. The van der Waals surface area contributed by atoms with Gasteiger partial charge in [-0.3, -0.25) is 0 Å². The van der Waals surface area contributed by atoms with Crippen molar-refractivity contribution in [1.29, 1.82) is 0 Å². The van der Waals surface area contributed by atoms with E-state index < -0.39 is 0 Å². The third-order valence-electron chi connectivity index (χ3n) is 3.45. The van der Waals surface area contributed by atoms with Gasteiger partial charge in [0.2, 0.25) is 0 Å². The fraction of sp³-hybridized carbons (Fsp3) is 1.00. The molecule has 90 valence electrons. The van der Waals surface area contributed by atoms with Crippen LogP contribution in [0, 0.1) is 5.41 Å². The van der Waals surface area contributed by atoms with Crippen LogP contribution in [0.2, 0.25) is 0 Å². The molecule has 0 heterocycles. The Balaban J connectivity index is 2.79. The molecule has 1 fully saturated rings. The van der Waals surface area contributed by atoms with Gasteiger partial charge in [-0.15, -0.1) is 0 Å². The van der Waals surface area contributed by atoms with Gasteiger partial charge < -0.3 is 9.84 Å². The smallest absolute Gasteiger partial charge is 0.0945 e. The van der Waals surface area contributed by atoms with Crippen molar-refractivity contribution in [3.8, 4) is 0 Å². The molecule has 1 unspecified atom stereocenters. The fourth-order valence-corrected chi connectivity index (χ4v) is 2.72. The molecule has 0 aliphatic heterocycles. The van der Waals surface area contributed by atoms with E-state index >= 15 is 0 Å². The Morgan fingerprint density at radius 2 is 1.73 bits per heavy atom. The van der Waals surface area contributed by atoms with Gasteiger partial charge >= 0.3 is 0 Å². The summed E-state index contributed by atoms with van der Waals surface area (Å²) in [6, 6.07) is 0. The van der Waals surface area contributed by atoms with Gasteiger partial charge in [-0.2, -0.15) is 0 Å². The molecule has 15 heavy (non-hydrogen) atoms. The zero-order valence-corrected chi connectivity index (χ0v) is 10.7. The summed E-state index contributed by atoms with van der Waals surface area (Å²) in [5.41, 5.74) is -0.363. The van der Waals surface area contributed by atoms with Crippen LogP contribution in [0.15, 0.2) is 0 Å². The van der Waals surface area contributed by atoms with E-state index in [0.29, 0.717) is 6.61 Å². The molecule has 2 nitrogen and oxygen atoms in total. The third-order valence-corrected chi connectivity index (χ3v) is 3.45. The summed E-state index contributed by atoms with van der Waals surface area (Å²) in [6.07, 6.45) is 5.33. The molecule has 2 heteroatoms. The molecule has 1 aliphatic rings. The first-order valence-electron chi connectivity index (χ1n) is 6.24. The summed E-state index contributed by atoms with van der Waals surface area (Å²) >= 11 is 0. The van der Waals surface area contributed by atoms with E-state index in [1.54, 1.807) is 0 Å². The zero-order chi connectivity index (χ0) is 11.5. The maximum Gasteiger partial charge on any atom is 0.0945 e. The van der Waals surface area contributed by atoms with Gasteiger partial charge in [0.05, 0.1) is 11.7 Å². The molecule has 0 aromatic carbocycles. The Bertz CT molecular complexity index is 182. The molecular formula is C13H26O2. The largest absolute Gasteiger partial charge is 0.390 e. The molecule has 0 amide bonds. The lowest BCUT2D eigenvalue weighted by Gasteiger charge is -2.45. The average Bonchev–Trinajstić information content (AvgIpc) is 2.17. The predicted molar refractivity (Wildman–Crippen MR) is 62.9 cm³/mol. The standard InChI is InChI=1S/C13H26O2/c1-5-15-13(9-7-6-8-10-13)11(14)12(2,3)4/h11,14H,5-10H2,1-4H3. The second-order valence-corrected chi connectivity index (χ2v) is 5.83. The lowest BCUT2D eigenvalue weighted by molar-refractivity contribution is -0.170. The summed E-state index contributed by atoms with van der Waals surface area (Å²) in [5.74, 6) is 0. The van der Waals surface area contributed by atoms with Crippen LogP contribution in [0.1, 0.15) is 59.8 Å². The van der Waals surface area contributed by atoms with Crippen LogP contribution >= 0.6 is 0 Å². The van der Waals surface area contributed by atoms with Gasteiger partial charge in [-0.1, -0.05) is 40.0 Å². The highest BCUT2D eigenvalue weighted by Gasteiger charge is 2.45. The number of hydrogen-bond acceptors (Lipinski definition) is 2. The second-order valence-electron chi connectivity index (χ2n) is 5.83. The maximum atomic E-state index is 10.5. The van der Waals surface area contributed by atoms with Crippen LogP contribution < -0.4 is 0 Å². The minimum absolute atomic E-state index is 0.0908. The van der Waals surface area contributed by atoms with Crippen LogP contribution in [0.3, 0.4) is 0 Å². The van der Waals surface area contributed by atoms with Gasteiger partial charge in [0, 0.05) is 6.61 Å². The Hall–Kier alpha value is -0.0800.